The van der Waals surface area contributed by atoms with Crippen LogP contribution in [0.5, 0.6) is 11.5 Å². The average Bonchev–Trinajstić information content (AvgIpc) is 3.03. The maximum Gasteiger partial charge on any atom is 0.252 e. The van der Waals surface area contributed by atoms with Gasteiger partial charge in [-0.1, -0.05) is 30.6 Å². The summed E-state index contributed by atoms with van der Waals surface area (Å²) < 4.78 is 65.1. The van der Waals surface area contributed by atoms with E-state index in [1.165, 1.54) is 44.6 Å². The van der Waals surface area contributed by atoms with Gasteiger partial charge in [-0.25, -0.2) is 27.1 Å². The number of halogens is 3. The van der Waals surface area contributed by atoms with Gasteiger partial charge in [0.15, 0.2) is 5.78 Å². The lowest BCUT2D eigenvalue weighted by molar-refractivity contribution is 0.103. The van der Waals surface area contributed by atoms with Gasteiger partial charge in [-0.3, -0.25) is 9.59 Å². The summed E-state index contributed by atoms with van der Waals surface area (Å²) >= 11 is 16.5. The topological polar surface area (TPSA) is 191 Å². The first kappa shape index (κ1) is 42.0. The Hall–Kier alpha value is -3.98. The number of benzene rings is 3. The molecule has 4 N–H and O–H groups in total. The van der Waals surface area contributed by atoms with E-state index in [2.05, 4.69) is 6.08 Å². The van der Waals surface area contributed by atoms with Gasteiger partial charge in [-0.2, -0.15) is 0 Å². The first-order valence-electron chi connectivity index (χ1n) is 12.7. The van der Waals surface area contributed by atoms with Crippen molar-refractivity contribution in [1.29, 1.82) is 0 Å². The highest BCUT2D eigenvalue weighted by Gasteiger charge is 2.20. The highest BCUT2D eigenvalue weighted by molar-refractivity contribution is 7.89. The van der Waals surface area contributed by atoms with Crippen molar-refractivity contribution in [3.05, 3.63) is 117 Å². The maximum absolute atomic E-state index is 12.6. The maximum atomic E-state index is 12.6. The molecule has 1 aliphatic rings. The predicted octanol–water partition coefficient (Wildman–Crippen LogP) is 5.66. The van der Waals surface area contributed by atoms with Crippen molar-refractivity contribution in [2.75, 3.05) is 28.4 Å². The minimum Gasteiger partial charge on any atom is -0.497 e. The van der Waals surface area contributed by atoms with Gasteiger partial charge >= 0.3 is 0 Å². The van der Waals surface area contributed by atoms with Crippen LogP contribution in [-0.4, -0.2) is 56.3 Å². The van der Waals surface area contributed by atoms with Gasteiger partial charge in [-0.05, 0) is 60.1 Å². The van der Waals surface area contributed by atoms with Crippen LogP contribution < -0.4 is 19.8 Å². The summed E-state index contributed by atoms with van der Waals surface area (Å²) in [4.78, 5) is 22.7. The summed E-state index contributed by atoms with van der Waals surface area (Å²) in [6.07, 6.45) is 8.19. The molecule has 4 rings (SSSR count). The Morgan fingerprint density at radius 1 is 0.708 bits per heavy atom. The van der Waals surface area contributed by atoms with Crippen LogP contribution in [0.4, 0.5) is 0 Å². The van der Waals surface area contributed by atoms with Gasteiger partial charge in [0.05, 0.1) is 44.0 Å². The van der Waals surface area contributed by atoms with Crippen LogP contribution in [0.15, 0.2) is 94.1 Å². The molecule has 0 aliphatic heterocycles. The van der Waals surface area contributed by atoms with Crippen molar-refractivity contribution in [3.63, 3.8) is 0 Å². The van der Waals surface area contributed by atoms with E-state index in [1.54, 1.807) is 44.6 Å². The molecule has 0 amide bonds. The lowest BCUT2D eigenvalue weighted by Gasteiger charge is -2.10. The van der Waals surface area contributed by atoms with Crippen LogP contribution in [-0.2, 0) is 29.5 Å². The number of allylic oxidation sites excluding steroid dienone is 4. The minimum atomic E-state index is -4.03. The van der Waals surface area contributed by atoms with E-state index in [4.69, 9.17) is 64.0 Å². The summed E-state index contributed by atoms with van der Waals surface area (Å²) in [7, 11) is -1.82. The molecule has 3 aromatic carbocycles. The van der Waals surface area contributed by atoms with E-state index in [9.17, 15) is 26.4 Å². The van der Waals surface area contributed by atoms with Gasteiger partial charge in [0.1, 0.15) is 39.5 Å². The zero-order chi connectivity index (χ0) is 35.5. The largest absolute Gasteiger partial charge is 0.497 e. The van der Waals surface area contributed by atoms with Crippen molar-refractivity contribution < 1.29 is 45.4 Å². The van der Waals surface area contributed by atoms with Gasteiger partial charge in [0.25, 0.3) is 5.24 Å². The van der Waals surface area contributed by atoms with Gasteiger partial charge in [0, 0.05) is 23.3 Å². The Balaban J connectivity index is 0.000000392. The summed E-state index contributed by atoms with van der Waals surface area (Å²) in [6.45, 7) is 0. The number of nitrogens with two attached hydrogens (primary N) is 2. The van der Waals surface area contributed by atoms with Gasteiger partial charge < -0.3 is 18.9 Å². The third-order valence-corrected chi connectivity index (χ3v) is 8.83. The molecule has 0 saturated heterocycles. The molecule has 0 aromatic heterocycles. The fraction of sp³-hybridized carbons (Fsp3) is 0.161. The molecule has 0 unspecified atom stereocenters. The summed E-state index contributed by atoms with van der Waals surface area (Å²) in [6, 6.07) is 12.2. The zero-order valence-electron chi connectivity index (χ0n) is 25.1. The van der Waals surface area contributed by atoms with E-state index in [1.807, 2.05) is 0 Å². The number of carbonyl (C=O) groups excluding carboxylic acids is 2. The molecule has 3 aromatic rings. The molecule has 48 heavy (non-hydrogen) atoms. The third kappa shape index (κ3) is 11.9. The van der Waals surface area contributed by atoms with Gasteiger partial charge in [0.2, 0.25) is 31.6 Å². The van der Waals surface area contributed by atoms with E-state index < -0.39 is 31.1 Å². The lowest BCUT2D eigenvalue weighted by Crippen LogP contribution is -2.14. The SMILES string of the molecule is C.COC1=C[C+]=CC(OC)=C1.COc1ccc(C(=O)c2ccc(Cl)c(S(N)(=O)=O)c2)c(OC)c1.NS(=O)(=O)c1cc(C(=O)Cl)ccc1Cl. The molecule has 0 heterocycles. The second kappa shape index (κ2) is 18.5. The fourth-order valence-corrected chi connectivity index (χ4v) is 5.77. The van der Waals surface area contributed by atoms with E-state index in [-0.39, 0.29) is 44.0 Å². The van der Waals surface area contributed by atoms with Crippen molar-refractivity contribution in [3.8, 4) is 11.5 Å². The molecule has 0 saturated carbocycles. The van der Waals surface area contributed by atoms with Crippen molar-refractivity contribution in [2.24, 2.45) is 10.3 Å². The number of ketones is 1. The number of sulfonamides is 2. The van der Waals surface area contributed by atoms with Crippen LogP contribution in [0.1, 0.15) is 33.7 Å². The molecule has 12 nitrogen and oxygen atoms in total. The van der Waals surface area contributed by atoms with E-state index in [0.717, 1.165) is 23.7 Å². The lowest BCUT2D eigenvalue weighted by atomic mass is 10.0. The smallest absolute Gasteiger partial charge is 0.252 e. The number of rotatable bonds is 9. The number of carbonyl (C=O) groups is 2. The first-order chi connectivity index (χ1) is 22.0. The third-order valence-electron chi connectivity index (χ3n) is 5.83. The summed E-state index contributed by atoms with van der Waals surface area (Å²) in [5.74, 6) is 1.94. The number of ether oxygens (including phenoxy) is 4. The second-order valence-electron chi connectivity index (χ2n) is 8.86. The summed E-state index contributed by atoms with van der Waals surface area (Å²) in [5, 5.41) is 9.09. The monoisotopic (exact) mass is 761 g/mol. The molecular formula is C31H32Cl3N2O10S2+. The van der Waals surface area contributed by atoms with Gasteiger partial charge in [-0.15, -0.1) is 0 Å². The fourth-order valence-electron chi connectivity index (χ4n) is 3.51. The van der Waals surface area contributed by atoms with Crippen molar-refractivity contribution >= 4 is 65.9 Å². The molecule has 0 fully saturated rings. The molecule has 258 valence electrons. The Labute approximate surface area is 294 Å². The molecule has 0 radical (unpaired) electrons. The molecule has 0 atom stereocenters. The Morgan fingerprint density at radius 2 is 1.23 bits per heavy atom. The van der Waals surface area contributed by atoms with Crippen LogP contribution in [0.3, 0.4) is 0 Å². The van der Waals surface area contributed by atoms with Crippen LogP contribution >= 0.6 is 34.8 Å². The normalized spacial score (nSPS) is 11.8. The molecule has 0 spiro atoms. The number of hydrogen-bond donors (Lipinski definition) is 2. The molecule has 1 aliphatic carbocycles. The molecule has 0 bridgehead atoms. The quantitative estimate of drug-likeness (QED) is 0.156. The highest BCUT2D eigenvalue weighted by atomic mass is 35.5. The Morgan fingerprint density at radius 3 is 1.69 bits per heavy atom. The average molecular weight is 763 g/mol. The molecular weight excluding hydrogens is 731 g/mol. The zero-order valence-corrected chi connectivity index (χ0v) is 29.0. The van der Waals surface area contributed by atoms with Crippen LogP contribution in [0, 0.1) is 6.08 Å². The second-order valence-corrected chi connectivity index (χ2v) is 13.1. The number of primary sulfonamides is 2. The number of hydrogen-bond acceptors (Lipinski definition) is 10. The van der Waals surface area contributed by atoms with Crippen LogP contribution in [0.2, 0.25) is 10.0 Å². The Kier molecular flexibility index (Phi) is 16.2. The van der Waals surface area contributed by atoms with E-state index >= 15 is 0 Å². The first-order valence-corrected chi connectivity index (χ1v) is 16.9. The van der Waals surface area contributed by atoms with E-state index in [0.29, 0.717) is 11.5 Å². The highest BCUT2D eigenvalue weighted by Crippen LogP contribution is 2.29. The standard InChI is InChI=1S/C15H14ClNO5S.C8H9O2.C7H5Cl2NO3S.CH4/c1-21-10-4-5-11(13(8-10)22-2)15(18)9-3-6-12(16)14(7-9)23(17,19)20;1-9-7-4-3-5-8(6-7)10-2;8-5-2-1-4(7(9)11)3-6(5)14(10,12)13;/h3-8H,1-2H3,(H2,17,19,20);4-6H,1-2H3;1-3H,(H2,10,12,13);1H4/q;+1;;. The molecule has 17 heteroatoms. The minimum absolute atomic E-state index is 0. The summed E-state index contributed by atoms with van der Waals surface area (Å²) in [5.41, 5.74) is 0.415. The van der Waals surface area contributed by atoms with Crippen LogP contribution in [0.25, 0.3) is 0 Å². The number of methoxy groups -OCH3 is 4. The Bertz CT molecular complexity index is 1960. The van der Waals surface area contributed by atoms with Crippen molar-refractivity contribution in [1.82, 2.24) is 0 Å². The predicted molar refractivity (Wildman–Crippen MR) is 184 cm³/mol. The van der Waals surface area contributed by atoms with Crippen molar-refractivity contribution in [2.45, 2.75) is 17.2 Å².